The molecule has 0 aromatic heterocycles. The number of rotatable bonds is 63. The first-order valence-electron chi connectivity index (χ1n) is 34.9. The highest BCUT2D eigenvalue weighted by molar-refractivity contribution is 5.71. The average molecular weight is 1140 g/mol. The highest BCUT2D eigenvalue weighted by atomic mass is 16.6. The van der Waals surface area contributed by atoms with Crippen LogP contribution >= 0.6 is 0 Å². The van der Waals surface area contributed by atoms with Crippen LogP contribution in [0.1, 0.15) is 335 Å². The Bertz CT molecular complexity index is 1640. The molecule has 0 aromatic rings. The molecule has 0 saturated carbocycles. The van der Waals surface area contributed by atoms with Gasteiger partial charge in [0.25, 0.3) is 0 Å². The summed E-state index contributed by atoms with van der Waals surface area (Å²) in [7, 11) is 0. The van der Waals surface area contributed by atoms with E-state index < -0.39 is 6.10 Å². The van der Waals surface area contributed by atoms with Gasteiger partial charge >= 0.3 is 17.9 Å². The number of hydrogen-bond donors (Lipinski definition) is 0. The topological polar surface area (TPSA) is 78.9 Å². The molecule has 6 heteroatoms. The van der Waals surface area contributed by atoms with E-state index in [2.05, 4.69) is 130 Å². The van der Waals surface area contributed by atoms with Crippen LogP contribution in [0.15, 0.2) is 109 Å². The monoisotopic (exact) mass is 1140 g/mol. The zero-order valence-electron chi connectivity index (χ0n) is 54.0. The Hall–Kier alpha value is -3.93. The van der Waals surface area contributed by atoms with Crippen LogP contribution < -0.4 is 0 Å². The number of hydrogen-bond acceptors (Lipinski definition) is 6. The van der Waals surface area contributed by atoms with Crippen LogP contribution in [0, 0.1) is 0 Å². The van der Waals surface area contributed by atoms with E-state index in [0.717, 1.165) is 116 Å². The molecule has 6 nitrogen and oxygen atoms in total. The van der Waals surface area contributed by atoms with Crippen LogP contribution in [0.2, 0.25) is 0 Å². The van der Waals surface area contributed by atoms with E-state index in [1.807, 2.05) is 0 Å². The summed E-state index contributed by atoms with van der Waals surface area (Å²) in [6.45, 7) is 6.52. The van der Waals surface area contributed by atoms with Crippen molar-refractivity contribution >= 4 is 17.9 Å². The van der Waals surface area contributed by atoms with Gasteiger partial charge in [-0.3, -0.25) is 14.4 Å². The van der Waals surface area contributed by atoms with E-state index in [9.17, 15) is 14.4 Å². The maximum Gasteiger partial charge on any atom is 0.306 e. The van der Waals surface area contributed by atoms with Gasteiger partial charge in [-0.1, -0.05) is 316 Å². The van der Waals surface area contributed by atoms with E-state index in [0.29, 0.717) is 19.3 Å². The van der Waals surface area contributed by atoms with Crippen molar-refractivity contribution in [3.63, 3.8) is 0 Å². The third kappa shape index (κ3) is 66.9. The third-order valence-corrected chi connectivity index (χ3v) is 15.0. The van der Waals surface area contributed by atoms with Crippen molar-refractivity contribution < 1.29 is 28.6 Å². The van der Waals surface area contributed by atoms with Gasteiger partial charge in [0, 0.05) is 19.3 Å². The Labute approximate surface area is 508 Å². The zero-order valence-corrected chi connectivity index (χ0v) is 54.0. The molecule has 0 aromatic carbocycles. The molecule has 0 N–H and O–H groups in total. The normalized spacial score (nSPS) is 12.8. The molecule has 82 heavy (non-hydrogen) atoms. The summed E-state index contributed by atoms with van der Waals surface area (Å²) in [5.74, 6) is -0.932. The number of esters is 3. The minimum atomic E-state index is -0.801. The highest BCUT2D eigenvalue weighted by Gasteiger charge is 2.19. The summed E-state index contributed by atoms with van der Waals surface area (Å²) in [6, 6.07) is 0. The predicted octanol–water partition coefficient (Wildman–Crippen LogP) is 24.2. The van der Waals surface area contributed by atoms with Crippen molar-refractivity contribution in [3.05, 3.63) is 109 Å². The molecule has 0 radical (unpaired) electrons. The Kier molecular flexibility index (Phi) is 66.2. The van der Waals surface area contributed by atoms with Crippen LogP contribution in [0.4, 0.5) is 0 Å². The lowest BCUT2D eigenvalue weighted by atomic mass is 10.0. The van der Waals surface area contributed by atoms with Gasteiger partial charge in [0.05, 0.1) is 0 Å². The fourth-order valence-corrected chi connectivity index (χ4v) is 9.81. The molecular weight excluding hydrogens is 1010 g/mol. The highest BCUT2D eigenvalue weighted by Crippen LogP contribution is 2.17. The fraction of sp³-hybridized carbons (Fsp3) is 0.724. The van der Waals surface area contributed by atoms with Crippen molar-refractivity contribution in [1.82, 2.24) is 0 Å². The fourth-order valence-electron chi connectivity index (χ4n) is 9.81. The first kappa shape index (κ1) is 78.1. The number of ether oxygens (including phenoxy) is 3. The standard InChI is InChI=1S/C76H130O6/c1-4-7-10-13-16-19-22-25-28-31-33-35-36-37-38-39-40-42-43-45-48-51-54-57-60-63-66-69-75(78)81-72-73(71-80-74(77)68-65-62-59-56-53-50-47-30-27-24-21-18-15-12-9-6-3)82-76(79)70-67-64-61-58-55-52-49-46-44-41-34-32-29-26-23-20-17-14-11-8-5-2/h7,10,16,19,25,28,30,33,35,37-38,40,42,45,47-48,54,57,73H,4-6,8-9,11-15,17-18,20-24,26-27,29,31-32,34,36,39,41,43-44,46,49-53,55-56,58-72H2,1-3H3/b10-7-,19-16-,28-25-,35-33-,38-37-,42-40-,47-30-,48-45-,57-54-. The van der Waals surface area contributed by atoms with Crippen molar-refractivity contribution in [1.29, 1.82) is 0 Å². The second-order valence-corrected chi connectivity index (χ2v) is 23.1. The molecule has 0 aliphatic heterocycles. The van der Waals surface area contributed by atoms with E-state index in [1.165, 1.54) is 180 Å². The lowest BCUT2D eigenvalue weighted by Gasteiger charge is -2.18. The van der Waals surface area contributed by atoms with Gasteiger partial charge in [-0.2, -0.15) is 0 Å². The smallest absolute Gasteiger partial charge is 0.306 e. The molecular formula is C76H130O6. The molecule has 0 heterocycles. The summed E-state index contributed by atoms with van der Waals surface area (Å²) >= 11 is 0. The SMILES string of the molecule is CC/C=C\C/C=C\C/C=C\C/C=C\C/C=C\C/C=C\C/C=C\C/C=C\CCCCC(=O)OCC(COC(=O)CCCCCCC/C=C\CCCCCCCCC)OC(=O)CCCCCCCCCCCCCCCCCCCCCCC. The molecule has 0 bridgehead atoms. The Morgan fingerprint density at radius 1 is 0.256 bits per heavy atom. The molecule has 0 aliphatic carbocycles. The largest absolute Gasteiger partial charge is 0.462 e. The lowest BCUT2D eigenvalue weighted by molar-refractivity contribution is -0.167. The number of unbranched alkanes of at least 4 members (excludes halogenated alkanes) is 34. The molecule has 0 fully saturated rings. The van der Waals surface area contributed by atoms with Gasteiger partial charge in [-0.25, -0.2) is 0 Å². The maximum atomic E-state index is 13.0. The van der Waals surface area contributed by atoms with E-state index in [-0.39, 0.29) is 31.1 Å². The van der Waals surface area contributed by atoms with Crippen molar-refractivity contribution in [2.45, 2.75) is 341 Å². The van der Waals surface area contributed by atoms with Crippen molar-refractivity contribution in [2.75, 3.05) is 13.2 Å². The number of allylic oxidation sites excluding steroid dienone is 18. The summed E-state index contributed by atoms with van der Waals surface area (Å²) in [5, 5.41) is 0. The quantitative estimate of drug-likeness (QED) is 0.0261. The Morgan fingerprint density at radius 2 is 0.476 bits per heavy atom. The average Bonchev–Trinajstić information content (AvgIpc) is 3.47. The second kappa shape index (κ2) is 69.6. The van der Waals surface area contributed by atoms with E-state index >= 15 is 0 Å². The molecule has 1 atom stereocenters. The first-order valence-corrected chi connectivity index (χ1v) is 34.9. The zero-order chi connectivity index (χ0) is 59.2. The molecule has 470 valence electrons. The Morgan fingerprint density at radius 3 is 0.780 bits per heavy atom. The van der Waals surface area contributed by atoms with Crippen LogP contribution in [0.3, 0.4) is 0 Å². The van der Waals surface area contributed by atoms with Crippen LogP contribution in [-0.2, 0) is 28.6 Å². The Balaban J connectivity index is 4.44. The van der Waals surface area contributed by atoms with Crippen LogP contribution in [0.5, 0.6) is 0 Å². The first-order chi connectivity index (χ1) is 40.5. The summed E-state index contributed by atoms with van der Waals surface area (Å²) in [4.78, 5) is 38.4. The molecule has 0 amide bonds. The van der Waals surface area contributed by atoms with E-state index in [4.69, 9.17) is 14.2 Å². The van der Waals surface area contributed by atoms with Gasteiger partial charge in [0.2, 0.25) is 0 Å². The van der Waals surface area contributed by atoms with Crippen molar-refractivity contribution in [2.24, 2.45) is 0 Å². The second-order valence-electron chi connectivity index (χ2n) is 23.1. The van der Waals surface area contributed by atoms with Gasteiger partial charge < -0.3 is 14.2 Å². The minimum absolute atomic E-state index is 0.0943. The van der Waals surface area contributed by atoms with Gasteiger partial charge in [0.15, 0.2) is 6.10 Å². The number of carbonyl (C=O) groups excluding carboxylic acids is 3. The van der Waals surface area contributed by atoms with Gasteiger partial charge in [-0.15, -0.1) is 0 Å². The molecule has 0 aliphatic rings. The maximum absolute atomic E-state index is 13.0. The summed E-state index contributed by atoms with van der Waals surface area (Å²) in [5.41, 5.74) is 0. The van der Waals surface area contributed by atoms with Crippen LogP contribution in [-0.4, -0.2) is 37.2 Å². The number of carbonyl (C=O) groups is 3. The van der Waals surface area contributed by atoms with Crippen LogP contribution in [0.25, 0.3) is 0 Å². The molecule has 0 rings (SSSR count). The molecule has 1 unspecified atom stereocenters. The lowest BCUT2D eigenvalue weighted by Crippen LogP contribution is -2.30. The summed E-state index contributed by atoms with van der Waals surface area (Å²) < 4.78 is 16.9. The molecule has 0 saturated heterocycles. The van der Waals surface area contributed by atoms with E-state index in [1.54, 1.807) is 0 Å². The molecule has 0 spiro atoms. The van der Waals surface area contributed by atoms with Gasteiger partial charge in [0.1, 0.15) is 13.2 Å². The predicted molar refractivity (Wildman–Crippen MR) is 357 cm³/mol. The third-order valence-electron chi connectivity index (χ3n) is 15.0. The van der Waals surface area contributed by atoms with Crippen molar-refractivity contribution in [3.8, 4) is 0 Å². The van der Waals surface area contributed by atoms with Gasteiger partial charge in [-0.05, 0) is 109 Å². The minimum Gasteiger partial charge on any atom is -0.462 e. The summed E-state index contributed by atoms with van der Waals surface area (Å²) in [6.07, 6.45) is 95.4.